The summed E-state index contributed by atoms with van der Waals surface area (Å²) >= 11 is 5.47. The third kappa shape index (κ3) is 3.14. The molecule has 2 unspecified atom stereocenters. The van der Waals surface area contributed by atoms with Gasteiger partial charge in [-0.05, 0) is 46.7 Å². The summed E-state index contributed by atoms with van der Waals surface area (Å²) < 4.78 is 0.898. The molecule has 2 atom stereocenters. The lowest BCUT2D eigenvalue weighted by atomic mass is 10.2. The molecule has 1 N–H and O–H groups in total. The molecule has 0 bridgehead atoms. The Bertz CT molecular complexity index is 346. The summed E-state index contributed by atoms with van der Waals surface area (Å²) in [6.45, 7) is 2.23. The molecule has 4 heteroatoms. The van der Waals surface area contributed by atoms with E-state index in [4.69, 9.17) is 0 Å². The van der Waals surface area contributed by atoms with Gasteiger partial charge in [-0.3, -0.25) is 0 Å². The lowest BCUT2D eigenvalue weighted by Crippen LogP contribution is -2.26. The van der Waals surface area contributed by atoms with E-state index in [1.54, 1.807) is 0 Å². The maximum absolute atomic E-state index is 4.43. The SMILES string of the molecule is CCSC1CCCC1Nc1cccc(Br)n1. The van der Waals surface area contributed by atoms with E-state index in [1.165, 1.54) is 25.0 Å². The van der Waals surface area contributed by atoms with Gasteiger partial charge in [0.2, 0.25) is 0 Å². The van der Waals surface area contributed by atoms with Gasteiger partial charge >= 0.3 is 0 Å². The van der Waals surface area contributed by atoms with Crippen LogP contribution in [0.2, 0.25) is 0 Å². The minimum absolute atomic E-state index is 0.590. The van der Waals surface area contributed by atoms with Crippen LogP contribution in [0.3, 0.4) is 0 Å². The second-order valence-electron chi connectivity index (χ2n) is 4.02. The first-order valence-corrected chi connectivity index (χ1v) is 7.64. The van der Waals surface area contributed by atoms with Crippen LogP contribution in [0.15, 0.2) is 22.8 Å². The first kappa shape index (κ1) is 12.2. The third-order valence-electron chi connectivity index (χ3n) is 2.88. The summed E-state index contributed by atoms with van der Waals surface area (Å²) in [6.07, 6.45) is 3.94. The number of aromatic nitrogens is 1. The fourth-order valence-electron chi connectivity index (χ4n) is 2.18. The van der Waals surface area contributed by atoms with Crippen molar-refractivity contribution in [2.24, 2.45) is 0 Å². The molecule has 1 aliphatic carbocycles. The molecule has 0 aliphatic heterocycles. The predicted octanol–water partition coefficient (Wildman–Crippen LogP) is 3.93. The first-order valence-electron chi connectivity index (χ1n) is 5.80. The maximum Gasteiger partial charge on any atom is 0.127 e. The Kier molecular flexibility index (Phi) is 4.53. The number of pyridine rings is 1. The van der Waals surface area contributed by atoms with Crippen LogP contribution in [-0.4, -0.2) is 22.0 Å². The molecule has 0 spiro atoms. The molecule has 1 aliphatic rings. The van der Waals surface area contributed by atoms with Crippen molar-refractivity contribution in [1.82, 2.24) is 4.98 Å². The smallest absolute Gasteiger partial charge is 0.127 e. The average Bonchev–Trinajstić information content (AvgIpc) is 2.66. The van der Waals surface area contributed by atoms with E-state index in [-0.39, 0.29) is 0 Å². The number of rotatable bonds is 4. The molecule has 0 saturated heterocycles. The van der Waals surface area contributed by atoms with Crippen molar-refractivity contribution in [3.8, 4) is 0 Å². The molecule has 2 rings (SSSR count). The summed E-state index contributed by atoms with van der Waals surface area (Å²) in [5.41, 5.74) is 0. The Labute approximate surface area is 110 Å². The summed E-state index contributed by atoms with van der Waals surface area (Å²) in [6, 6.07) is 6.61. The second kappa shape index (κ2) is 5.92. The van der Waals surface area contributed by atoms with Crippen molar-refractivity contribution >= 4 is 33.5 Å². The molecule has 1 aromatic heterocycles. The van der Waals surface area contributed by atoms with Gasteiger partial charge in [-0.2, -0.15) is 11.8 Å². The highest BCUT2D eigenvalue weighted by atomic mass is 79.9. The molecule has 1 heterocycles. The highest BCUT2D eigenvalue weighted by molar-refractivity contribution is 9.10. The molecule has 2 nitrogen and oxygen atoms in total. The zero-order valence-electron chi connectivity index (χ0n) is 9.45. The molecule has 1 fully saturated rings. The van der Waals surface area contributed by atoms with Crippen LogP contribution in [0, 0.1) is 0 Å². The zero-order valence-corrected chi connectivity index (χ0v) is 11.9. The maximum atomic E-state index is 4.43. The molecular weight excluding hydrogens is 284 g/mol. The van der Waals surface area contributed by atoms with Crippen molar-refractivity contribution in [1.29, 1.82) is 0 Å². The van der Waals surface area contributed by atoms with Gasteiger partial charge in [-0.15, -0.1) is 0 Å². The Morgan fingerprint density at radius 1 is 1.50 bits per heavy atom. The lowest BCUT2D eigenvalue weighted by Gasteiger charge is -2.20. The quantitative estimate of drug-likeness (QED) is 0.853. The Morgan fingerprint density at radius 3 is 3.12 bits per heavy atom. The minimum Gasteiger partial charge on any atom is -0.366 e. The van der Waals surface area contributed by atoms with E-state index in [1.807, 2.05) is 18.2 Å². The summed E-state index contributed by atoms with van der Waals surface area (Å²) in [4.78, 5) is 4.43. The largest absolute Gasteiger partial charge is 0.366 e. The van der Waals surface area contributed by atoms with Gasteiger partial charge in [-0.1, -0.05) is 19.4 Å². The lowest BCUT2D eigenvalue weighted by molar-refractivity contribution is 0.762. The summed E-state index contributed by atoms with van der Waals surface area (Å²) in [5, 5.41) is 4.31. The van der Waals surface area contributed by atoms with Gasteiger partial charge in [0.25, 0.3) is 0 Å². The van der Waals surface area contributed by atoms with E-state index < -0.39 is 0 Å². The van der Waals surface area contributed by atoms with Gasteiger partial charge in [-0.25, -0.2) is 4.98 Å². The number of nitrogens with one attached hydrogen (secondary N) is 1. The molecule has 0 aromatic carbocycles. The average molecular weight is 301 g/mol. The van der Waals surface area contributed by atoms with E-state index in [2.05, 4.69) is 44.9 Å². The Balaban J connectivity index is 1.98. The molecule has 88 valence electrons. The number of hydrogen-bond acceptors (Lipinski definition) is 3. The zero-order chi connectivity index (χ0) is 11.4. The van der Waals surface area contributed by atoms with Crippen molar-refractivity contribution in [3.63, 3.8) is 0 Å². The number of halogens is 1. The van der Waals surface area contributed by atoms with Crippen molar-refractivity contribution < 1.29 is 0 Å². The van der Waals surface area contributed by atoms with Gasteiger partial charge in [0.15, 0.2) is 0 Å². The van der Waals surface area contributed by atoms with Crippen molar-refractivity contribution in [2.75, 3.05) is 11.1 Å². The monoisotopic (exact) mass is 300 g/mol. The van der Waals surface area contributed by atoms with Crippen LogP contribution < -0.4 is 5.32 Å². The summed E-state index contributed by atoms with van der Waals surface area (Å²) in [7, 11) is 0. The fourth-order valence-corrected chi connectivity index (χ4v) is 3.72. The predicted molar refractivity (Wildman–Crippen MR) is 75.1 cm³/mol. The van der Waals surface area contributed by atoms with Crippen molar-refractivity contribution in [3.05, 3.63) is 22.8 Å². The minimum atomic E-state index is 0.590. The fraction of sp³-hybridized carbons (Fsp3) is 0.583. The second-order valence-corrected chi connectivity index (χ2v) is 6.35. The summed E-state index contributed by atoms with van der Waals surface area (Å²) in [5.74, 6) is 2.19. The van der Waals surface area contributed by atoms with E-state index >= 15 is 0 Å². The molecule has 0 radical (unpaired) electrons. The first-order chi connectivity index (χ1) is 7.79. The van der Waals surface area contributed by atoms with E-state index in [0.29, 0.717) is 6.04 Å². The van der Waals surface area contributed by atoms with Crippen molar-refractivity contribution in [2.45, 2.75) is 37.5 Å². The Morgan fingerprint density at radius 2 is 2.38 bits per heavy atom. The Hall–Kier alpha value is -0.220. The van der Waals surface area contributed by atoms with Gasteiger partial charge < -0.3 is 5.32 Å². The molecule has 16 heavy (non-hydrogen) atoms. The molecule has 1 saturated carbocycles. The highest BCUT2D eigenvalue weighted by Gasteiger charge is 2.27. The highest BCUT2D eigenvalue weighted by Crippen LogP contribution is 2.31. The number of hydrogen-bond donors (Lipinski definition) is 1. The van der Waals surface area contributed by atoms with Crippen LogP contribution in [-0.2, 0) is 0 Å². The van der Waals surface area contributed by atoms with E-state index in [0.717, 1.165) is 15.7 Å². The van der Waals surface area contributed by atoms with Crippen LogP contribution in [0.1, 0.15) is 26.2 Å². The number of nitrogens with zero attached hydrogens (tertiary/aromatic N) is 1. The normalized spacial score (nSPS) is 24.6. The van der Waals surface area contributed by atoms with Crippen LogP contribution in [0.5, 0.6) is 0 Å². The standard InChI is InChI=1S/C12H17BrN2S/c1-2-16-10-6-3-5-9(10)14-12-8-4-7-11(13)15-12/h4,7-10H,2-3,5-6H2,1H3,(H,14,15). The molecule has 1 aromatic rings. The molecular formula is C12H17BrN2S. The van der Waals surface area contributed by atoms with Crippen LogP contribution >= 0.6 is 27.7 Å². The number of thioether (sulfide) groups is 1. The topological polar surface area (TPSA) is 24.9 Å². The van der Waals surface area contributed by atoms with Crippen LogP contribution in [0.25, 0.3) is 0 Å². The number of anilines is 1. The van der Waals surface area contributed by atoms with Gasteiger partial charge in [0, 0.05) is 11.3 Å². The third-order valence-corrected chi connectivity index (χ3v) is 4.65. The van der Waals surface area contributed by atoms with E-state index in [9.17, 15) is 0 Å². The van der Waals surface area contributed by atoms with Gasteiger partial charge in [0.1, 0.15) is 10.4 Å². The van der Waals surface area contributed by atoms with Gasteiger partial charge in [0.05, 0.1) is 0 Å². The molecule has 0 amide bonds. The van der Waals surface area contributed by atoms with Crippen LogP contribution in [0.4, 0.5) is 5.82 Å².